The first-order valence-electron chi connectivity index (χ1n) is 7.83. The third-order valence-corrected chi connectivity index (χ3v) is 4.17. The second kappa shape index (κ2) is 6.27. The van der Waals surface area contributed by atoms with Crippen LogP contribution in [-0.4, -0.2) is 34.6 Å². The van der Waals surface area contributed by atoms with Crippen LogP contribution in [0.15, 0.2) is 33.5 Å². The number of hydrogen-bond acceptors (Lipinski definition) is 4. The molecule has 0 aliphatic rings. The van der Waals surface area contributed by atoms with E-state index in [0.717, 1.165) is 43.5 Å². The Hall–Kier alpha value is -2.21. The van der Waals surface area contributed by atoms with E-state index in [9.17, 15) is 4.79 Å². The Balaban J connectivity index is 1.95. The molecule has 0 saturated heterocycles. The molecule has 0 amide bonds. The number of benzene rings is 1. The van der Waals surface area contributed by atoms with Crippen LogP contribution in [-0.2, 0) is 6.54 Å². The number of nitrogens with zero attached hydrogens (tertiary/aromatic N) is 3. The summed E-state index contributed by atoms with van der Waals surface area (Å²) < 4.78 is 7.12. The van der Waals surface area contributed by atoms with Crippen LogP contribution < -0.4 is 10.5 Å². The first-order valence-corrected chi connectivity index (χ1v) is 7.83. The summed E-state index contributed by atoms with van der Waals surface area (Å²) in [6.07, 6.45) is 1.00. The van der Waals surface area contributed by atoms with Crippen molar-refractivity contribution in [3.63, 3.8) is 0 Å². The number of aryl methyl sites for hydroxylation is 1. The van der Waals surface area contributed by atoms with Crippen molar-refractivity contribution in [2.24, 2.45) is 0 Å². The van der Waals surface area contributed by atoms with Gasteiger partial charge in [-0.25, -0.2) is 9.48 Å². The minimum Gasteiger partial charge on any atom is -0.421 e. The predicted molar refractivity (Wildman–Crippen MR) is 85.1 cm³/mol. The van der Waals surface area contributed by atoms with Crippen molar-refractivity contribution in [3.8, 4) is 0 Å². The number of aromatic nitrogens is 3. The van der Waals surface area contributed by atoms with Crippen LogP contribution in [0.2, 0.25) is 0 Å². The maximum atomic E-state index is 12.0. The van der Waals surface area contributed by atoms with Crippen LogP contribution in [0.4, 0.5) is 0 Å². The number of nitrogens with one attached hydrogen (secondary N) is 1. The molecule has 0 radical (unpaired) electrons. The van der Waals surface area contributed by atoms with Crippen LogP contribution in [0.5, 0.6) is 0 Å². The molecule has 116 valence electrons. The summed E-state index contributed by atoms with van der Waals surface area (Å²) in [4.78, 5) is 13.6. The Morgan fingerprint density at radius 1 is 1.23 bits per heavy atom. The summed E-state index contributed by atoms with van der Waals surface area (Å²) in [6.45, 7) is 8.49. The van der Waals surface area contributed by atoms with Gasteiger partial charge in [0.15, 0.2) is 5.52 Å². The van der Waals surface area contributed by atoms with E-state index in [2.05, 4.69) is 24.2 Å². The van der Waals surface area contributed by atoms with Crippen LogP contribution in [0.3, 0.4) is 0 Å². The average molecular weight is 301 g/mol. The van der Waals surface area contributed by atoms with E-state index in [-0.39, 0.29) is 0 Å². The minimum absolute atomic E-state index is 0.314. The standard InChI is InChI=1S/C16H20N4O2/c1-3-19(4-2)10-7-11-20-15-12-8-5-6-9-13(12)22-16(21)14(15)17-18-20/h5-6,8-9H,3-4,7,10-11H2,1-2H3/p+1. The fourth-order valence-corrected chi connectivity index (χ4v) is 2.86. The molecule has 1 N–H and O–H groups in total. The zero-order chi connectivity index (χ0) is 15.5. The normalized spacial score (nSPS) is 11.8. The lowest BCUT2D eigenvalue weighted by Crippen LogP contribution is -3.11. The molecule has 0 bridgehead atoms. The van der Waals surface area contributed by atoms with E-state index < -0.39 is 5.63 Å². The molecule has 0 atom stereocenters. The topological polar surface area (TPSA) is 65.4 Å². The van der Waals surface area contributed by atoms with Crippen molar-refractivity contribution in [1.82, 2.24) is 15.0 Å². The average Bonchev–Trinajstić information content (AvgIpc) is 2.97. The molecule has 0 aliphatic heterocycles. The fourth-order valence-electron chi connectivity index (χ4n) is 2.86. The highest BCUT2D eigenvalue weighted by molar-refractivity contribution is 6.00. The summed E-state index contributed by atoms with van der Waals surface area (Å²) >= 11 is 0. The maximum absolute atomic E-state index is 12.0. The molecule has 0 spiro atoms. The van der Waals surface area contributed by atoms with Gasteiger partial charge < -0.3 is 9.32 Å². The lowest BCUT2D eigenvalue weighted by molar-refractivity contribution is -0.896. The van der Waals surface area contributed by atoms with E-state index >= 15 is 0 Å². The van der Waals surface area contributed by atoms with Crippen molar-refractivity contribution in [2.75, 3.05) is 19.6 Å². The molecule has 3 rings (SSSR count). The van der Waals surface area contributed by atoms with Crippen molar-refractivity contribution in [3.05, 3.63) is 34.7 Å². The van der Waals surface area contributed by atoms with Crippen LogP contribution >= 0.6 is 0 Å². The monoisotopic (exact) mass is 301 g/mol. The van der Waals surface area contributed by atoms with Gasteiger partial charge in [0, 0.05) is 18.4 Å². The molecule has 0 unspecified atom stereocenters. The summed E-state index contributed by atoms with van der Waals surface area (Å²) in [5.41, 5.74) is 1.25. The van der Waals surface area contributed by atoms with Crippen LogP contribution in [0.25, 0.3) is 22.0 Å². The van der Waals surface area contributed by atoms with E-state index in [1.165, 1.54) is 0 Å². The molecule has 6 heteroatoms. The first-order chi connectivity index (χ1) is 10.7. The molecule has 0 aliphatic carbocycles. The summed E-state index contributed by atoms with van der Waals surface area (Å²) in [7, 11) is 0. The second-order valence-corrected chi connectivity index (χ2v) is 5.46. The highest BCUT2D eigenvalue weighted by Crippen LogP contribution is 2.20. The molecule has 1 aromatic carbocycles. The molecule has 3 aromatic rings. The Labute approximate surface area is 128 Å². The van der Waals surface area contributed by atoms with Gasteiger partial charge in [-0.1, -0.05) is 17.3 Å². The molecule has 0 fully saturated rings. The van der Waals surface area contributed by atoms with Crippen molar-refractivity contribution in [2.45, 2.75) is 26.8 Å². The largest absolute Gasteiger partial charge is 0.421 e. The number of fused-ring (bicyclic) bond motifs is 3. The summed E-state index contributed by atoms with van der Waals surface area (Å²) in [6, 6.07) is 7.53. The number of quaternary nitrogens is 1. The van der Waals surface area contributed by atoms with Crippen LogP contribution in [0.1, 0.15) is 20.3 Å². The summed E-state index contributed by atoms with van der Waals surface area (Å²) in [5.74, 6) is 0. The quantitative estimate of drug-likeness (QED) is 0.686. The van der Waals surface area contributed by atoms with Crippen molar-refractivity contribution < 1.29 is 9.32 Å². The van der Waals surface area contributed by atoms with Gasteiger partial charge in [-0.2, -0.15) is 0 Å². The van der Waals surface area contributed by atoms with Gasteiger partial charge in [-0.15, -0.1) is 5.10 Å². The van der Waals surface area contributed by atoms with E-state index in [1.54, 1.807) is 11.0 Å². The molecule has 22 heavy (non-hydrogen) atoms. The van der Waals surface area contributed by atoms with E-state index in [0.29, 0.717) is 11.1 Å². The van der Waals surface area contributed by atoms with Crippen molar-refractivity contribution in [1.29, 1.82) is 0 Å². The third-order valence-electron chi connectivity index (χ3n) is 4.17. The van der Waals surface area contributed by atoms with Gasteiger partial charge in [0.25, 0.3) is 0 Å². The molecule has 2 heterocycles. The van der Waals surface area contributed by atoms with Gasteiger partial charge in [-0.05, 0) is 26.0 Å². The van der Waals surface area contributed by atoms with Crippen LogP contribution in [0, 0.1) is 0 Å². The molecular formula is C16H21N4O2+. The zero-order valence-electron chi connectivity index (χ0n) is 13.0. The SMILES string of the molecule is CC[NH+](CC)CCCn1nnc2c(=O)oc3ccccc3c21. The third kappa shape index (κ3) is 2.62. The maximum Gasteiger partial charge on any atom is 0.366 e. The van der Waals surface area contributed by atoms with E-state index in [1.807, 2.05) is 22.9 Å². The second-order valence-electron chi connectivity index (χ2n) is 5.46. The zero-order valence-corrected chi connectivity index (χ0v) is 13.0. The smallest absolute Gasteiger partial charge is 0.366 e. The Bertz CT molecular complexity index is 833. The first kappa shape index (κ1) is 14.7. The highest BCUT2D eigenvalue weighted by atomic mass is 16.4. The van der Waals surface area contributed by atoms with Gasteiger partial charge >= 0.3 is 5.63 Å². The Morgan fingerprint density at radius 3 is 2.77 bits per heavy atom. The lowest BCUT2D eigenvalue weighted by Gasteiger charge is -2.14. The molecule has 2 aromatic heterocycles. The molecule has 0 saturated carbocycles. The molecular weight excluding hydrogens is 280 g/mol. The summed E-state index contributed by atoms with van der Waals surface area (Å²) in [5, 5.41) is 9.04. The highest BCUT2D eigenvalue weighted by Gasteiger charge is 2.14. The van der Waals surface area contributed by atoms with Gasteiger partial charge in [0.1, 0.15) is 11.1 Å². The van der Waals surface area contributed by atoms with Gasteiger partial charge in [0.2, 0.25) is 0 Å². The van der Waals surface area contributed by atoms with Gasteiger partial charge in [0.05, 0.1) is 19.6 Å². The predicted octanol–water partition coefficient (Wildman–Crippen LogP) is 0.853. The number of para-hydroxylation sites is 1. The minimum atomic E-state index is -0.422. The lowest BCUT2D eigenvalue weighted by atomic mass is 10.2. The number of rotatable bonds is 6. The fraction of sp³-hybridized carbons (Fsp3) is 0.438. The number of hydrogen-bond donors (Lipinski definition) is 1. The van der Waals surface area contributed by atoms with E-state index in [4.69, 9.17) is 4.42 Å². The Morgan fingerprint density at radius 2 is 2.00 bits per heavy atom. The van der Waals surface area contributed by atoms with Gasteiger partial charge in [-0.3, -0.25) is 0 Å². The molecule has 6 nitrogen and oxygen atoms in total. The van der Waals surface area contributed by atoms with Crippen molar-refractivity contribution >= 4 is 22.0 Å². The Kier molecular flexibility index (Phi) is 4.20.